The molecule has 7 aromatic rings. The highest BCUT2D eigenvalue weighted by Crippen LogP contribution is 2.54. The molecule has 0 fully saturated rings. The van der Waals surface area contributed by atoms with E-state index < -0.39 is 7.14 Å². The molecule has 2 aliphatic rings. The molecule has 1 aliphatic heterocycles. The van der Waals surface area contributed by atoms with Gasteiger partial charge in [0.25, 0.3) is 0 Å². The Hall–Kier alpha value is -5.37. The van der Waals surface area contributed by atoms with Crippen LogP contribution >= 0.6 is 7.14 Å². The Labute approximate surface area is 274 Å². The lowest BCUT2D eigenvalue weighted by Crippen LogP contribution is -2.26. The third kappa shape index (κ3) is 4.17. The molecule has 47 heavy (non-hydrogen) atoms. The van der Waals surface area contributed by atoms with Crippen molar-refractivity contribution in [3.63, 3.8) is 0 Å². The van der Waals surface area contributed by atoms with Crippen LogP contribution in [0.1, 0.15) is 25.0 Å². The van der Waals surface area contributed by atoms with Crippen molar-refractivity contribution in [3.8, 4) is 45.3 Å². The zero-order valence-electron chi connectivity index (χ0n) is 26.1. The average Bonchev–Trinajstić information content (AvgIpc) is 3.35. The number of para-hydroxylation sites is 2. The van der Waals surface area contributed by atoms with Crippen molar-refractivity contribution in [2.24, 2.45) is 0 Å². The lowest BCUT2D eigenvalue weighted by molar-refractivity contribution is 0.363. The van der Waals surface area contributed by atoms with Crippen molar-refractivity contribution in [1.29, 1.82) is 0 Å². The van der Waals surface area contributed by atoms with Crippen molar-refractivity contribution in [2.75, 3.05) is 0 Å². The first kappa shape index (κ1) is 27.9. The van der Waals surface area contributed by atoms with Crippen LogP contribution in [0.5, 0.6) is 23.0 Å². The second kappa shape index (κ2) is 10.3. The van der Waals surface area contributed by atoms with Crippen LogP contribution in [0.2, 0.25) is 0 Å². The van der Waals surface area contributed by atoms with Gasteiger partial charge in [0.05, 0.1) is 0 Å². The van der Waals surface area contributed by atoms with Gasteiger partial charge in [-0.05, 0) is 69.1 Å². The standard InChI is InChI=1S/C43H31O3P/c1-43(2)37-25-28(36-27-41-42(35-18-10-9-17-32(35)36)46-40-20-12-11-19-39(40)45-41)21-23-33(37)34-24-22-31(26-38(34)43)47(44,29-13-5-3-6-14-29)30-15-7-4-8-16-30/h3-27H,1-2H3. The number of hydrogen-bond donors (Lipinski definition) is 0. The summed E-state index contributed by atoms with van der Waals surface area (Å²) in [4.78, 5) is 0. The molecule has 0 saturated carbocycles. The van der Waals surface area contributed by atoms with E-state index in [-0.39, 0.29) is 5.41 Å². The molecule has 0 unspecified atom stereocenters. The van der Waals surface area contributed by atoms with Gasteiger partial charge in [-0.2, -0.15) is 0 Å². The van der Waals surface area contributed by atoms with Crippen LogP contribution in [0.25, 0.3) is 33.0 Å². The minimum atomic E-state index is -3.11. The molecule has 9 rings (SSSR count). The van der Waals surface area contributed by atoms with Crippen LogP contribution in [-0.2, 0) is 9.98 Å². The molecular weight excluding hydrogens is 595 g/mol. The van der Waals surface area contributed by atoms with Crippen molar-refractivity contribution in [2.45, 2.75) is 19.3 Å². The molecule has 0 N–H and O–H groups in total. The first-order valence-electron chi connectivity index (χ1n) is 15.9. The molecule has 0 aromatic heterocycles. The zero-order chi connectivity index (χ0) is 31.8. The fourth-order valence-corrected chi connectivity index (χ4v) is 10.1. The first-order chi connectivity index (χ1) is 22.9. The predicted molar refractivity (Wildman–Crippen MR) is 193 cm³/mol. The van der Waals surface area contributed by atoms with Gasteiger partial charge in [-0.25, -0.2) is 0 Å². The summed E-state index contributed by atoms with van der Waals surface area (Å²) < 4.78 is 28.0. The van der Waals surface area contributed by atoms with Crippen LogP contribution in [0.4, 0.5) is 0 Å². The minimum Gasteiger partial charge on any atom is -0.449 e. The molecule has 0 radical (unpaired) electrons. The molecule has 0 amide bonds. The van der Waals surface area contributed by atoms with Crippen LogP contribution in [-0.4, -0.2) is 0 Å². The Bertz CT molecular complexity index is 2370. The summed E-state index contributed by atoms with van der Waals surface area (Å²) in [7, 11) is -3.11. The van der Waals surface area contributed by atoms with Crippen molar-refractivity contribution < 1.29 is 14.0 Å². The minimum absolute atomic E-state index is 0.308. The smallest absolute Gasteiger partial charge is 0.177 e. The maximum atomic E-state index is 15.2. The lowest BCUT2D eigenvalue weighted by Gasteiger charge is -2.25. The average molecular weight is 627 g/mol. The van der Waals surface area contributed by atoms with Gasteiger partial charge >= 0.3 is 0 Å². The maximum absolute atomic E-state index is 15.2. The van der Waals surface area contributed by atoms with E-state index in [4.69, 9.17) is 9.47 Å². The summed E-state index contributed by atoms with van der Waals surface area (Å²) in [5.74, 6) is 2.89. The molecule has 226 valence electrons. The first-order valence-corrected chi connectivity index (χ1v) is 17.7. The molecule has 1 aliphatic carbocycles. The van der Waals surface area contributed by atoms with Gasteiger partial charge in [0.2, 0.25) is 0 Å². The van der Waals surface area contributed by atoms with E-state index in [0.29, 0.717) is 11.5 Å². The molecule has 0 atom stereocenters. The summed E-state index contributed by atoms with van der Waals surface area (Å²) in [6, 6.07) is 51.3. The van der Waals surface area contributed by atoms with Crippen molar-refractivity contribution in [1.82, 2.24) is 0 Å². The van der Waals surface area contributed by atoms with Crippen LogP contribution < -0.4 is 25.4 Å². The summed E-state index contributed by atoms with van der Waals surface area (Å²) in [5.41, 5.74) is 6.75. The normalized spacial score (nSPS) is 13.9. The van der Waals surface area contributed by atoms with Crippen LogP contribution in [0.15, 0.2) is 152 Å². The molecule has 3 nitrogen and oxygen atoms in total. The summed E-state index contributed by atoms with van der Waals surface area (Å²) in [6.07, 6.45) is 0. The summed E-state index contributed by atoms with van der Waals surface area (Å²) in [6.45, 7) is 4.56. The molecule has 7 aromatic carbocycles. The van der Waals surface area contributed by atoms with Crippen molar-refractivity contribution >= 4 is 33.8 Å². The second-order valence-electron chi connectivity index (χ2n) is 12.8. The fourth-order valence-electron chi connectivity index (χ4n) is 7.40. The Morgan fingerprint density at radius 2 is 1.02 bits per heavy atom. The van der Waals surface area contributed by atoms with Gasteiger partial charge in [0.1, 0.15) is 0 Å². The van der Waals surface area contributed by atoms with Gasteiger partial charge < -0.3 is 14.0 Å². The van der Waals surface area contributed by atoms with Crippen LogP contribution in [0, 0.1) is 0 Å². The highest BCUT2D eigenvalue weighted by atomic mass is 31.2. The molecule has 0 bridgehead atoms. The number of hydrogen-bond acceptors (Lipinski definition) is 3. The quantitative estimate of drug-likeness (QED) is 0.182. The van der Waals surface area contributed by atoms with E-state index in [0.717, 1.165) is 49.3 Å². The number of benzene rings is 7. The maximum Gasteiger partial charge on any atom is 0.177 e. The van der Waals surface area contributed by atoms with E-state index in [9.17, 15) is 0 Å². The van der Waals surface area contributed by atoms with Crippen molar-refractivity contribution in [3.05, 3.63) is 163 Å². The number of ether oxygens (including phenoxy) is 2. The molecule has 0 saturated heterocycles. The highest BCUT2D eigenvalue weighted by Gasteiger charge is 2.38. The fraction of sp³-hybridized carbons (Fsp3) is 0.0698. The van der Waals surface area contributed by atoms with E-state index in [1.807, 2.05) is 91.0 Å². The number of rotatable bonds is 4. The molecule has 1 heterocycles. The topological polar surface area (TPSA) is 35.5 Å². The predicted octanol–water partition coefficient (Wildman–Crippen LogP) is 10.4. The third-order valence-corrected chi connectivity index (χ3v) is 12.9. The zero-order valence-corrected chi connectivity index (χ0v) is 27.0. The van der Waals surface area contributed by atoms with Crippen LogP contribution in [0.3, 0.4) is 0 Å². The molecule has 0 spiro atoms. The van der Waals surface area contributed by atoms with Gasteiger partial charge in [-0.1, -0.05) is 135 Å². The Balaban J connectivity index is 1.18. The third-order valence-electron chi connectivity index (χ3n) is 9.82. The van der Waals surface area contributed by atoms with Gasteiger partial charge in [0, 0.05) is 26.7 Å². The Morgan fingerprint density at radius 3 is 1.70 bits per heavy atom. The highest BCUT2D eigenvalue weighted by molar-refractivity contribution is 7.85. The van der Waals surface area contributed by atoms with E-state index in [1.54, 1.807) is 0 Å². The van der Waals surface area contributed by atoms with E-state index >= 15 is 4.57 Å². The SMILES string of the molecule is CC1(C)c2cc(-c3cc4c(c5ccccc35)Oc3ccccc3O4)ccc2-c2ccc(P(=O)(c3ccccc3)c3ccccc3)cc21. The number of fused-ring (bicyclic) bond motifs is 7. The Morgan fingerprint density at radius 1 is 0.468 bits per heavy atom. The lowest BCUT2D eigenvalue weighted by atomic mass is 9.81. The largest absolute Gasteiger partial charge is 0.449 e. The summed E-state index contributed by atoms with van der Waals surface area (Å²) in [5, 5.41) is 4.66. The second-order valence-corrected chi connectivity index (χ2v) is 15.6. The molecule has 4 heteroatoms. The summed E-state index contributed by atoms with van der Waals surface area (Å²) >= 11 is 0. The van der Waals surface area contributed by atoms with Gasteiger partial charge in [0.15, 0.2) is 30.1 Å². The van der Waals surface area contributed by atoms with Gasteiger partial charge in [-0.15, -0.1) is 0 Å². The molecular formula is C43H31O3P. The van der Waals surface area contributed by atoms with E-state index in [2.05, 4.69) is 74.5 Å². The van der Waals surface area contributed by atoms with Gasteiger partial charge in [-0.3, -0.25) is 0 Å². The monoisotopic (exact) mass is 626 g/mol. The van der Waals surface area contributed by atoms with E-state index in [1.165, 1.54) is 22.3 Å². The Kier molecular flexibility index (Phi) is 6.13.